The van der Waals surface area contributed by atoms with E-state index in [2.05, 4.69) is 21.5 Å². The van der Waals surface area contributed by atoms with Crippen molar-refractivity contribution in [1.29, 1.82) is 0 Å². The number of hydrogen-bond acceptors (Lipinski definition) is 5. The minimum Gasteiger partial charge on any atom is -0.355 e. The average Bonchev–Trinajstić information content (AvgIpc) is 3.08. The van der Waals surface area contributed by atoms with E-state index in [0.29, 0.717) is 6.54 Å². The number of halogens is 3. The molecule has 1 atom stereocenters. The van der Waals surface area contributed by atoms with Crippen LogP contribution in [0.4, 0.5) is 24.5 Å². The number of hydrogen-bond donors (Lipinski definition) is 4. The molecule has 1 saturated heterocycles. The van der Waals surface area contributed by atoms with Crippen LogP contribution in [-0.2, 0) is 22.8 Å². The third-order valence-electron chi connectivity index (χ3n) is 5.19. The second-order valence-corrected chi connectivity index (χ2v) is 7.47. The van der Waals surface area contributed by atoms with Crippen molar-refractivity contribution in [3.63, 3.8) is 0 Å². The van der Waals surface area contributed by atoms with Crippen molar-refractivity contribution < 1.29 is 27.6 Å². The molecule has 1 aromatic carbocycles. The summed E-state index contributed by atoms with van der Waals surface area (Å²) in [6.07, 6.45) is -2.90. The fraction of sp³-hybridized carbons (Fsp3) is 0.300. The third kappa shape index (κ3) is 4.43. The maximum atomic E-state index is 12.8. The Kier molecular flexibility index (Phi) is 5.97. The van der Waals surface area contributed by atoms with Crippen molar-refractivity contribution in [2.75, 3.05) is 11.9 Å². The summed E-state index contributed by atoms with van der Waals surface area (Å²) in [6.45, 7) is 1.74. The smallest absolute Gasteiger partial charge is 0.355 e. The summed E-state index contributed by atoms with van der Waals surface area (Å²) in [5, 5.41) is 5.27. The van der Waals surface area contributed by atoms with E-state index in [9.17, 15) is 32.3 Å². The molecule has 32 heavy (non-hydrogen) atoms. The summed E-state index contributed by atoms with van der Waals surface area (Å²) in [5.41, 5.74) is 1.20. The van der Waals surface area contributed by atoms with Gasteiger partial charge in [-0.15, -0.1) is 0 Å². The minimum absolute atomic E-state index is 0.0180. The first-order valence-electron chi connectivity index (χ1n) is 9.46. The second kappa shape index (κ2) is 8.36. The van der Waals surface area contributed by atoms with Crippen LogP contribution in [0.5, 0.6) is 0 Å². The molecule has 0 radical (unpaired) electrons. The number of carbonyl (C=O) groups is 3. The van der Waals surface area contributed by atoms with Gasteiger partial charge in [0.2, 0.25) is 5.91 Å². The Morgan fingerprint density at radius 3 is 2.31 bits per heavy atom. The van der Waals surface area contributed by atoms with Gasteiger partial charge in [-0.05, 0) is 43.7 Å². The SMILES string of the molecule is Cn1ccc(Nc2ccc(C(F)(F)F)cc2)c(C(=O)NNC(=O)[C@]2(C)CCNC2=O)c1=O. The normalized spacial score (nSPS) is 18.1. The Bertz CT molecular complexity index is 1130. The van der Waals surface area contributed by atoms with E-state index in [1.54, 1.807) is 0 Å². The zero-order chi connectivity index (χ0) is 23.7. The van der Waals surface area contributed by atoms with Crippen LogP contribution in [0.25, 0.3) is 0 Å². The van der Waals surface area contributed by atoms with E-state index in [1.165, 1.54) is 26.2 Å². The molecule has 2 heterocycles. The number of hydrazine groups is 1. The van der Waals surface area contributed by atoms with Crippen LogP contribution in [0.2, 0.25) is 0 Å². The van der Waals surface area contributed by atoms with Crippen LogP contribution in [0.3, 0.4) is 0 Å². The van der Waals surface area contributed by atoms with Gasteiger partial charge < -0.3 is 15.2 Å². The Morgan fingerprint density at radius 2 is 1.75 bits per heavy atom. The monoisotopic (exact) mass is 451 g/mol. The van der Waals surface area contributed by atoms with E-state index in [1.807, 2.05) is 0 Å². The number of pyridine rings is 1. The molecule has 0 aliphatic carbocycles. The highest BCUT2D eigenvalue weighted by Gasteiger charge is 2.44. The first-order chi connectivity index (χ1) is 14.9. The van der Waals surface area contributed by atoms with Gasteiger partial charge in [0.1, 0.15) is 11.0 Å². The van der Waals surface area contributed by atoms with Crippen LogP contribution in [0, 0.1) is 5.41 Å². The summed E-state index contributed by atoms with van der Waals surface area (Å²) in [4.78, 5) is 49.5. The molecular weight excluding hydrogens is 431 g/mol. The van der Waals surface area contributed by atoms with Gasteiger partial charge in [-0.25, -0.2) is 0 Å². The molecule has 170 valence electrons. The number of amides is 3. The molecule has 4 N–H and O–H groups in total. The Morgan fingerprint density at radius 1 is 1.09 bits per heavy atom. The number of aryl methyl sites for hydroxylation is 1. The summed E-state index contributed by atoms with van der Waals surface area (Å²) < 4.78 is 39.4. The van der Waals surface area contributed by atoms with Gasteiger partial charge in [-0.3, -0.25) is 30.0 Å². The van der Waals surface area contributed by atoms with Crippen LogP contribution in [0.15, 0.2) is 41.3 Å². The summed E-state index contributed by atoms with van der Waals surface area (Å²) in [6, 6.07) is 5.42. The third-order valence-corrected chi connectivity index (χ3v) is 5.19. The Labute approximate surface area is 180 Å². The van der Waals surface area contributed by atoms with Crippen molar-refractivity contribution in [3.8, 4) is 0 Å². The molecule has 1 aromatic heterocycles. The lowest BCUT2D eigenvalue weighted by Gasteiger charge is -2.20. The number of benzene rings is 1. The van der Waals surface area contributed by atoms with Crippen molar-refractivity contribution in [2.24, 2.45) is 12.5 Å². The zero-order valence-corrected chi connectivity index (χ0v) is 17.1. The molecule has 0 saturated carbocycles. The summed E-state index contributed by atoms with van der Waals surface area (Å²) in [7, 11) is 1.41. The van der Waals surface area contributed by atoms with E-state index < -0.39 is 40.4 Å². The van der Waals surface area contributed by atoms with Gasteiger partial charge in [0, 0.05) is 25.5 Å². The number of aromatic nitrogens is 1. The first kappa shape index (κ1) is 22.8. The molecule has 0 bridgehead atoms. The molecule has 1 aliphatic heterocycles. The number of nitrogens with zero attached hydrogens (tertiary/aromatic N) is 1. The lowest BCUT2D eigenvalue weighted by atomic mass is 9.88. The maximum absolute atomic E-state index is 12.8. The molecule has 2 aromatic rings. The summed E-state index contributed by atoms with van der Waals surface area (Å²) >= 11 is 0. The van der Waals surface area contributed by atoms with Crippen LogP contribution in [-0.4, -0.2) is 28.8 Å². The molecule has 0 spiro atoms. The highest BCUT2D eigenvalue weighted by molar-refractivity contribution is 6.07. The van der Waals surface area contributed by atoms with E-state index in [0.717, 1.165) is 28.8 Å². The van der Waals surface area contributed by atoms with Crippen LogP contribution >= 0.6 is 0 Å². The minimum atomic E-state index is -4.50. The van der Waals surface area contributed by atoms with Crippen molar-refractivity contribution in [2.45, 2.75) is 19.5 Å². The Hall–Kier alpha value is -3.83. The first-order valence-corrected chi connectivity index (χ1v) is 9.46. The number of rotatable bonds is 4. The molecule has 3 amide bonds. The number of carbonyl (C=O) groups excluding carboxylic acids is 3. The molecule has 9 nitrogen and oxygen atoms in total. The predicted molar refractivity (Wildman–Crippen MR) is 108 cm³/mol. The van der Waals surface area contributed by atoms with Gasteiger partial charge in [-0.1, -0.05) is 0 Å². The fourth-order valence-corrected chi connectivity index (χ4v) is 3.12. The number of alkyl halides is 3. The van der Waals surface area contributed by atoms with Gasteiger partial charge in [-0.2, -0.15) is 13.2 Å². The summed E-state index contributed by atoms with van der Waals surface area (Å²) in [5.74, 6) is -2.19. The highest BCUT2D eigenvalue weighted by atomic mass is 19.4. The van der Waals surface area contributed by atoms with E-state index >= 15 is 0 Å². The quantitative estimate of drug-likeness (QED) is 0.414. The lowest BCUT2D eigenvalue weighted by Crippen LogP contribution is -2.51. The van der Waals surface area contributed by atoms with Crippen molar-refractivity contribution in [1.82, 2.24) is 20.7 Å². The molecule has 1 aliphatic rings. The van der Waals surface area contributed by atoms with Gasteiger partial charge >= 0.3 is 6.18 Å². The predicted octanol–water partition coefficient (Wildman–Crippen LogP) is 1.43. The van der Waals surface area contributed by atoms with Crippen molar-refractivity contribution >= 4 is 29.1 Å². The maximum Gasteiger partial charge on any atom is 0.416 e. The standard InChI is InChI=1S/C20H20F3N5O4/c1-19(8-9-24-17(19)31)18(32)27-26-15(29)14-13(7-10-28(2)16(14)30)25-12-5-3-11(4-6-12)20(21,22)23/h3-7,10,25H,8-9H2,1-2H3,(H,24,31)(H,26,29)(H,27,32)/t19-/m1/s1. The fourth-order valence-electron chi connectivity index (χ4n) is 3.12. The number of anilines is 2. The van der Waals surface area contributed by atoms with E-state index in [-0.39, 0.29) is 23.4 Å². The molecular formula is C20H20F3N5O4. The zero-order valence-electron chi connectivity index (χ0n) is 17.1. The second-order valence-electron chi connectivity index (χ2n) is 7.47. The van der Waals surface area contributed by atoms with Crippen LogP contribution < -0.4 is 27.0 Å². The number of nitrogens with one attached hydrogen (secondary N) is 4. The van der Waals surface area contributed by atoms with Gasteiger partial charge in [0.05, 0.1) is 11.3 Å². The lowest BCUT2D eigenvalue weighted by molar-refractivity contribution is -0.140. The molecule has 3 rings (SSSR count). The van der Waals surface area contributed by atoms with Crippen molar-refractivity contribution in [3.05, 3.63) is 58.0 Å². The van der Waals surface area contributed by atoms with Crippen LogP contribution in [0.1, 0.15) is 29.3 Å². The molecule has 0 unspecified atom stereocenters. The Balaban J connectivity index is 1.81. The molecule has 12 heteroatoms. The van der Waals surface area contributed by atoms with E-state index in [4.69, 9.17) is 0 Å². The average molecular weight is 451 g/mol. The topological polar surface area (TPSA) is 121 Å². The largest absolute Gasteiger partial charge is 0.416 e. The van der Waals surface area contributed by atoms with Gasteiger partial charge in [0.15, 0.2) is 0 Å². The molecule has 1 fully saturated rings. The van der Waals surface area contributed by atoms with Gasteiger partial charge in [0.25, 0.3) is 17.4 Å². The highest BCUT2D eigenvalue weighted by Crippen LogP contribution is 2.30.